The Balaban J connectivity index is 2.22. The summed E-state index contributed by atoms with van der Waals surface area (Å²) in [4.78, 5) is 36.1. The number of benzene rings is 1. The highest BCUT2D eigenvalue weighted by Crippen LogP contribution is 2.46. The van der Waals surface area contributed by atoms with Crippen molar-refractivity contribution >= 4 is 22.9 Å². The first kappa shape index (κ1) is 19.7. The summed E-state index contributed by atoms with van der Waals surface area (Å²) in [7, 11) is 0. The lowest BCUT2D eigenvalue weighted by molar-refractivity contribution is -0.186. The molecule has 0 saturated carbocycles. The second-order valence-electron chi connectivity index (χ2n) is 7.18. The maximum Gasteiger partial charge on any atom is 0.336 e. The third-order valence-corrected chi connectivity index (χ3v) is 4.69. The van der Waals surface area contributed by atoms with Crippen LogP contribution in [0.3, 0.4) is 0 Å². The third kappa shape index (κ3) is 3.52. The number of hydrogen-bond donors (Lipinski definition) is 0. The summed E-state index contributed by atoms with van der Waals surface area (Å²) in [5, 5.41) is 0.633. The Labute approximate surface area is 161 Å². The van der Waals surface area contributed by atoms with Gasteiger partial charge >= 0.3 is 17.6 Å². The lowest BCUT2D eigenvalue weighted by Crippen LogP contribution is -2.52. The third-order valence-electron chi connectivity index (χ3n) is 4.69. The van der Waals surface area contributed by atoms with Gasteiger partial charge in [0.2, 0.25) is 0 Å². The highest BCUT2D eigenvalue weighted by Gasteiger charge is 2.50. The first-order valence-corrected chi connectivity index (χ1v) is 8.91. The second kappa shape index (κ2) is 7.14. The SMILES string of the molecule is C/C=C(/C)C(=O)OC1C(OC(C)=O)c2c(ccc3ccc(=O)oc23)OC1(C)C. The molecule has 1 aliphatic heterocycles. The summed E-state index contributed by atoms with van der Waals surface area (Å²) < 4.78 is 22.7. The van der Waals surface area contributed by atoms with Crippen LogP contribution < -0.4 is 10.4 Å². The van der Waals surface area contributed by atoms with Crippen LogP contribution in [0, 0.1) is 0 Å². The van der Waals surface area contributed by atoms with Gasteiger partial charge in [-0.1, -0.05) is 6.08 Å². The number of allylic oxidation sites excluding steroid dienone is 1. The van der Waals surface area contributed by atoms with Crippen molar-refractivity contribution in [1.82, 2.24) is 0 Å². The van der Waals surface area contributed by atoms with Gasteiger partial charge in [-0.15, -0.1) is 0 Å². The number of fused-ring (bicyclic) bond motifs is 3. The molecule has 2 atom stereocenters. The average Bonchev–Trinajstić information content (AvgIpc) is 2.62. The largest absolute Gasteiger partial charge is 0.483 e. The normalized spacial score (nSPS) is 20.8. The minimum atomic E-state index is -1.00. The van der Waals surface area contributed by atoms with Crippen molar-refractivity contribution in [2.24, 2.45) is 0 Å². The van der Waals surface area contributed by atoms with Gasteiger partial charge in [0.15, 0.2) is 12.2 Å². The summed E-state index contributed by atoms with van der Waals surface area (Å²) in [6, 6.07) is 6.37. The molecule has 0 aliphatic carbocycles. The fourth-order valence-electron chi connectivity index (χ4n) is 3.18. The van der Waals surface area contributed by atoms with E-state index in [4.69, 9.17) is 18.6 Å². The summed E-state index contributed by atoms with van der Waals surface area (Å²) in [6.45, 7) is 8.09. The number of esters is 2. The fraction of sp³-hybridized carbons (Fsp3) is 0.381. The Morgan fingerprint density at radius 3 is 2.43 bits per heavy atom. The predicted molar refractivity (Wildman–Crippen MR) is 101 cm³/mol. The number of hydrogen-bond acceptors (Lipinski definition) is 7. The number of rotatable bonds is 3. The maximum absolute atomic E-state index is 12.4. The van der Waals surface area contributed by atoms with E-state index in [0.29, 0.717) is 22.3 Å². The van der Waals surface area contributed by atoms with Crippen LogP contribution in [-0.4, -0.2) is 23.6 Å². The standard InChI is InChI=1S/C21H22O7/c1-6-11(2)20(24)27-19-18(25-12(3)22)16-14(28-21(19,4)5)9-7-13-8-10-15(23)26-17(13)16/h6-10,18-19H,1-5H3/b11-6-. The molecule has 1 aromatic heterocycles. The molecule has 2 aromatic rings. The zero-order valence-corrected chi connectivity index (χ0v) is 16.4. The van der Waals surface area contributed by atoms with Crippen molar-refractivity contribution in [3.05, 3.63) is 51.9 Å². The van der Waals surface area contributed by atoms with Crippen LogP contribution in [0.1, 0.15) is 46.3 Å². The van der Waals surface area contributed by atoms with Gasteiger partial charge in [-0.05, 0) is 45.9 Å². The molecule has 7 nitrogen and oxygen atoms in total. The lowest BCUT2D eigenvalue weighted by atomic mass is 9.87. The Kier molecular flexibility index (Phi) is 5.02. The summed E-state index contributed by atoms with van der Waals surface area (Å²) in [5.74, 6) is -0.715. The first-order chi connectivity index (χ1) is 13.1. The molecule has 28 heavy (non-hydrogen) atoms. The van der Waals surface area contributed by atoms with E-state index in [2.05, 4.69) is 0 Å². The molecule has 2 heterocycles. The number of carbonyl (C=O) groups is 2. The van der Waals surface area contributed by atoms with E-state index in [1.807, 2.05) is 0 Å². The molecule has 148 valence electrons. The van der Waals surface area contributed by atoms with Gasteiger partial charge in [0.25, 0.3) is 0 Å². The van der Waals surface area contributed by atoms with Gasteiger partial charge in [0, 0.05) is 23.9 Å². The molecule has 0 saturated heterocycles. The van der Waals surface area contributed by atoms with Crippen molar-refractivity contribution in [3.63, 3.8) is 0 Å². The summed E-state index contributed by atoms with van der Waals surface area (Å²) in [6.07, 6.45) is -0.330. The van der Waals surface area contributed by atoms with Crippen molar-refractivity contribution in [3.8, 4) is 5.75 Å². The van der Waals surface area contributed by atoms with Crippen LogP contribution >= 0.6 is 0 Å². The van der Waals surface area contributed by atoms with Gasteiger partial charge in [0.1, 0.15) is 16.9 Å². The van der Waals surface area contributed by atoms with Gasteiger partial charge < -0.3 is 18.6 Å². The van der Waals surface area contributed by atoms with Crippen molar-refractivity contribution in [1.29, 1.82) is 0 Å². The molecule has 7 heteroatoms. The van der Waals surface area contributed by atoms with Gasteiger partial charge in [-0.25, -0.2) is 9.59 Å². The van der Waals surface area contributed by atoms with Gasteiger partial charge in [-0.2, -0.15) is 0 Å². The van der Waals surface area contributed by atoms with E-state index < -0.39 is 35.4 Å². The smallest absolute Gasteiger partial charge is 0.336 e. The molecule has 0 fully saturated rings. The van der Waals surface area contributed by atoms with Gasteiger partial charge in [0.05, 0.1) is 5.56 Å². The van der Waals surface area contributed by atoms with Crippen LogP contribution in [0.2, 0.25) is 0 Å². The van der Waals surface area contributed by atoms with Crippen LogP contribution in [0.25, 0.3) is 11.0 Å². The molecule has 1 aliphatic rings. The van der Waals surface area contributed by atoms with Crippen LogP contribution in [0.4, 0.5) is 0 Å². The maximum atomic E-state index is 12.4. The number of ether oxygens (including phenoxy) is 3. The Bertz CT molecular complexity index is 1030. The summed E-state index contributed by atoms with van der Waals surface area (Å²) in [5.41, 5.74) is -0.547. The van der Waals surface area contributed by atoms with Crippen molar-refractivity contribution < 1.29 is 28.2 Å². The van der Waals surface area contributed by atoms with E-state index in [1.165, 1.54) is 13.0 Å². The van der Waals surface area contributed by atoms with E-state index in [0.717, 1.165) is 0 Å². The monoisotopic (exact) mass is 386 g/mol. The molecule has 3 rings (SSSR count). The molecular weight excluding hydrogens is 364 g/mol. The second-order valence-corrected chi connectivity index (χ2v) is 7.18. The molecule has 0 spiro atoms. The van der Waals surface area contributed by atoms with Crippen molar-refractivity contribution in [2.45, 2.75) is 52.4 Å². The minimum Gasteiger partial charge on any atom is -0.483 e. The molecule has 0 bridgehead atoms. The first-order valence-electron chi connectivity index (χ1n) is 8.91. The average molecular weight is 386 g/mol. The molecule has 2 unspecified atom stereocenters. The molecule has 1 aromatic carbocycles. The van der Waals surface area contributed by atoms with Crippen LogP contribution in [0.5, 0.6) is 5.75 Å². The zero-order valence-electron chi connectivity index (χ0n) is 16.4. The quantitative estimate of drug-likeness (QED) is 0.453. The lowest BCUT2D eigenvalue weighted by Gasteiger charge is -2.43. The molecular formula is C21H22O7. The number of carbonyl (C=O) groups excluding carboxylic acids is 2. The van der Waals surface area contributed by atoms with E-state index >= 15 is 0 Å². The Hall–Kier alpha value is -3.09. The molecule has 0 radical (unpaired) electrons. The predicted octanol–water partition coefficient (Wildman–Crippen LogP) is 3.45. The van der Waals surface area contributed by atoms with E-state index in [1.54, 1.807) is 52.0 Å². The highest BCUT2D eigenvalue weighted by atomic mass is 16.6. The zero-order chi connectivity index (χ0) is 20.6. The molecule has 0 N–H and O–H groups in total. The minimum absolute atomic E-state index is 0.232. The molecule has 0 amide bonds. The topological polar surface area (TPSA) is 92.0 Å². The fourth-order valence-corrected chi connectivity index (χ4v) is 3.18. The summed E-state index contributed by atoms with van der Waals surface area (Å²) >= 11 is 0. The van der Waals surface area contributed by atoms with Crippen molar-refractivity contribution in [2.75, 3.05) is 0 Å². The highest BCUT2D eigenvalue weighted by molar-refractivity contribution is 5.88. The van der Waals surface area contributed by atoms with E-state index in [-0.39, 0.29) is 5.58 Å². The van der Waals surface area contributed by atoms with Crippen LogP contribution in [-0.2, 0) is 19.1 Å². The van der Waals surface area contributed by atoms with Crippen LogP contribution in [0.15, 0.2) is 45.1 Å². The Morgan fingerprint density at radius 1 is 1.11 bits per heavy atom. The van der Waals surface area contributed by atoms with Gasteiger partial charge in [-0.3, -0.25) is 4.79 Å². The Morgan fingerprint density at radius 2 is 1.79 bits per heavy atom. The van der Waals surface area contributed by atoms with E-state index in [9.17, 15) is 14.4 Å².